The van der Waals surface area contributed by atoms with E-state index >= 15 is 0 Å². The second-order valence-electron chi connectivity index (χ2n) is 8.58. The Kier molecular flexibility index (Phi) is 20.0. The molecule has 8 N–H and O–H groups in total. The zero-order valence-electron chi connectivity index (χ0n) is 19.4. The maximum atomic E-state index is 12.0. The Balaban J connectivity index is 3.40. The molecule has 0 aliphatic carbocycles. The molecular weight excluding hydrogens is 364 g/mol. The van der Waals surface area contributed by atoms with Gasteiger partial charge in [0.05, 0.1) is 6.04 Å². The number of hydrogen-bond donors (Lipinski definition) is 6. The molecule has 0 aliphatic rings. The number of nitrogens with one attached hydrogen (secondary N) is 4. The van der Waals surface area contributed by atoms with Gasteiger partial charge in [-0.05, 0) is 97.1 Å². The number of hydrogen-bond acceptors (Lipinski definition) is 6. The lowest BCUT2D eigenvalue weighted by Crippen LogP contribution is -2.41. The second-order valence-corrected chi connectivity index (χ2v) is 8.58. The Morgan fingerprint density at radius 2 is 1.38 bits per heavy atom. The van der Waals surface area contributed by atoms with E-state index in [9.17, 15) is 4.79 Å². The predicted molar refractivity (Wildman–Crippen MR) is 125 cm³/mol. The molecule has 7 heteroatoms. The van der Waals surface area contributed by atoms with Crippen molar-refractivity contribution < 1.29 is 4.79 Å². The lowest BCUT2D eigenvalue weighted by Gasteiger charge is -2.16. The standard InChI is InChI=1S/C22H50N6O/c1-19(2)18-20(3)27-16-5-4-10-21(24)22(29)28-17-9-15-26-13-7-6-12-25-14-8-11-23/h19-21,25-27H,4-18,23-24H2,1-3H3,(H,28,29)/t20?,21-/m1/s1. The minimum atomic E-state index is -0.386. The van der Waals surface area contributed by atoms with Crippen molar-refractivity contribution in [2.75, 3.05) is 45.8 Å². The Bertz CT molecular complexity index is 367. The molecule has 2 atom stereocenters. The summed E-state index contributed by atoms with van der Waals surface area (Å²) in [5.41, 5.74) is 11.5. The average molecular weight is 415 g/mol. The van der Waals surface area contributed by atoms with E-state index in [1.807, 2.05) is 0 Å². The summed E-state index contributed by atoms with van der Waals surface area (Å²) in [6, 6.07) is 0.168. The van der Waals surface area contributed by atoms with E-state index in [2.05, 4.69) is 42.0 Å². The van der Waals surface area contributed by atoms with Crippen LogP contribution in [0, 0.1) is 5.92 Å². The maximum Gasteiger partial charge on any atom is 0.236 e. The van der Waals surface area contributed by atoms with E-state index < -0.39 is 0 Å². The van der Waals surface area contributed by atoms with Gasteiger partial charge >= 0.3 is 0 Å². The van der Waals surface area contributed by atoms with Gasteiger partial charge in [-0.2, -0.15) is 0 Å². The molecule has 0 aliphatic heterocycles. The first-order valence-corrected chi connectivity index (χ1v) is 11.9. The van der Waals surface area contributed by atoms with E-state index in [0.29, 0.717) is 12.6 Å². The van der Waals surface area contributed by atoms with Crippen molar-refractivity contribution in [1.29, 1.82) is 0 Å². The maximum absolute atomic E-state index is 12.0. The molecule has 0 aromatic heterocycles. The van der Waals surface area contributed by atoms with E-state index in [-0.39, 0.29) is 11.9 Å². The Labute approximate surface area is 179 Å². The van der Waals surface area contributed by atoms with Gasteiger partial charge in [-0.1, -0.05) is 20.3 Å². The van der Waals surface area contributed by atoms with Crippen LogP contribution in [0.5, 0.6) is 0 Å². The van der Waals surface area contributed by atoms with Gasteiger partial charge < -0.3 is 32.7 Å². The van der Waals surface area contributed by atoms with Gasteiger partial charge in [0.15, 0.2) is 0 Å². The quantitative estimate of drug-likeness (QED) is 0.158. The molecule has 0 radical (unpaired) electrons. The fraction of sp³-hybridized carbons (Fsp3) is 0.955. The number of rotatable bonds is 21. The first kappa shape index (κ1) is 28.3. The van der Waals surface area contributed by atoms with Crippen molar-refractivity contribution in [3.63, 3.8) is 0 Å². The summed E-state index contributed by atoms with van der Waals surface area (Å²) in [4.78, 5) is 12.0. The van der Waals surface area contributed by atoms with Crippen molar-refractivity contribution in [3.05, 3.63) is 0 Å². The molecule has 0 aromatic rings. The lowest BCUT2D eigenvalue weighted by atomic mass is 10.0. The molecule has 0 rings (SSSR count). The highest BCUT2D eigenvalue weighted by Gasteiger charge is 2.12. The van der Waals surface area contributed by atoms with Gasteiger partial charge in [0, 0.05) is 12.6 Å². The predicted octanol–water partition coefficient (Wildman–Crippen LogP) is 1.32. The SMILES string of the molecule is CC(C)CC(C)NCCCC[C@@H](N)C(=O)NCCCNCCCCNCCCN. The van der Waals surface area contributed by atoms with E-state index in [1.54, 1.807) is 0 Å². The summed E-state index contributed by atoms with van der Waals surface area (Å²) in [7, 11) is 0. The van der Waals surface area contributed by atoms with Gasteiger partial charge in [0.1, 0.15) is 0 Å². The molecule has 0 saturated carbocycles. The van der Waals surface area contributed by atoms with Crippen LogP contribution in [-0.2, 0) is 4.79 Å². The minimum Gasteiger partial charge on any atom is -0.355 e. The monoisotopic (exact) mass is 414 g/mol. The highest BCUT2D eigenvalue weighted by atomic mass is 16.2. The third-order valence-corrected chi connectivity index (χ3v) is 4.94. The van der Waals surface area contributed by atoms with Crippen LogP contribution in [0.3, 0.4) is 0 Å². The first-order valence-electron chi connectivity index (χ1n) is 11.9. The average Bonchev–Trinajstić information content (AvgIpc) is 2.67. The lowest BCUT2D eigenvalue weighted by molar-refractivity contribution is -0.122. The fourth-order valence-electron chi connectivity index (χ4n) is 3.29. The number of amides is 1. The molecule has 0 heterocycles. The van der Waals surface area contributed by atoms with Crippen LogP contribution < -0.4 is 32.7 Å². The topological polar surface area (TPSA) is 117 Å². The zero-order chi connectivity index (χ0) is 21.7. The van der Waals surface area contributed by atoms with Crippen molar-refractivity contribution >= 4 is 5.91 Å². The normalized spacial score (nSPS) is 13.6. The molecule has 0 spiro atoms. The summed E-state index contributed by atoms with van der Waals surface area (Å²) >= 11 is 0. The second kappa shape index (κ2) is 20.5. The molecule has 1 amide bonds. The molecule has 1 unspecified atom stereocenters. The highest BCUT2D eigenvalue weighted by Crippen LogP contribution is 2.04. The summed E-state index contributed by atoms with van der Waals surface area (Å²) in [6.45, 7) is 13.2. The van der Waals surface area contributed by atoms with Crippen LogP contribution in [0.4, 0.5) is 0 Å². The Hall–Kier alpha value is -0.730. The van der Waals surface area contributed by atoms with Crippen molar-refractivity contribution in [2.45, 2.75) is 84.2 Å². The van der Waals surface area contributed by atoms with Crippen LogP contribution in [0.2, 0.25) is 0 Å². The highest BCUT2D eigenvalue weighted by molar-refractivity contribution is 5.81. The van der Waals surface area contributed by atoms with Gasteiger partial charge in [-0.3, -0.25) is 4.79 Å². The summed E-state index contributed by atoms with van der Waals surface area (Å²) in [5.74, 6) is 0.702. The molecule has 174 valence electrons. The summed E-state index contributed by atoms with van der Waals surface area (Å²) in [5, 5.41) is 13.3. The third-order valence-electron chi connectivity index (χ3n) is 4.94. The molecule has 0 fully saturated rings. The molecule has 7 nitrogen and oxygen atoms in total. The summed E-state index contributed by atoms with van der Waals surface area (Å²) in [6.07, 6.45) is 8.32. The van der Waals surface area contributed by atoms with Crippen LogP contribution in [0.15, 0.2) is 0 Å². The number of carbonyl (C=O) groups is 1. The third kappa shape index (κ3) is 20.3. The van der Waals surface area contributed by atoms with Crippen LogP contribution >= 0.6 is 0 Å². The Morgan fingerprint density at radius 1 is 0.793 bits per heavy atom. The van der Waals surface area contributed by atoms with Gasteiger partial charge in [-0.25, -0.2) is 0 Å². The number of nitrogens with two attached hydrogens (primary N) is 2. The van der Waals surface area contributed by atoms with Crippen LogP contribution in [-0.4, -0.2) is 63.8 Å². The molecular formula is C22H50N6O. The van der Waals surface area contributed by atoms with Gasteiger partial charge in [0.2, 0.25) is 5.91 Å². The number of unbranched alkanes of at least 4 members (excludes halogenated alkanes) is 2. The summed E-state index contributed by atoms with van der Waals surface area (Å²) < 4.78 is 0. The smallest absolute Gasteiger partial charge is 0.236 e. The van der Waals surface area contributed by atoms with E-state index in [4.69, 9.17) is 11.5 Å². The van der Waals surface area contributed by atoms with Gasteiger partial charge in [0.25, 0.3) is 0 Å². The molecule has 0 bridgehead atoms. The molecule has 0 aromatic carbocycles. The molecule has 0 saturated heterocycles. The van der Waals surface area contributed by atoms with Crippen molar-refractivity contribution in [2.24, 2.45) is 17.4 Å². The van der Waals surface area contributed by atoms with E-state index in [1.165, 1.54) is 12.8 Å². The number of carbonyl (C=O) groups excluding carboxylic acids is 1. The fourth-order valence-corrected chi connectivity index (χ4v) is 3.29. The zero-order valence-corrected chi connectivity index (χ0v) is 19.4. The minimum absolute atomic E-state index is 0.0188. The van der Waals surface area contributed by atoms with Crippen molar-refractivity contribution in [3.8, 4) is 0 Å². The van der Waals surface area contributed by atoms with Crippen molar-refractivity contribution in [1.82, 2.24) is 21.3 Å². The van der Waals surface area contributed by atoms with Crippen LogP contribution in [0.1, 0.15) is 72.1 Å². The van der Waals surface area contributed by atoms with E-state index in [0.717, 1.165) is 83.7 Å². The van der Waals surface area contributed by atoms with Gasteiger partial charge in [-0.15, -0.1) is 0 Å². The Morgan fingerprint density at radius 3 is 2.00 bits per heavy atom. The molecule has 29 heavy (non-hydrogen) atoms. The van der Waals surface area contributed by atoms with Crippen LogP contribution in [0.25, 0.3) is 0 Å². The largest absolute Gasteiger partial charge is 0.355 e. The first-order chi connectivity index (χ1) is 14.0.